The number of nitrogens with zero attached hydrogens (tertiary/aromatic N) is 4. The SMILES string of the molecule is COC(=O)C1CCN(C(=O)CN2CCN(c3ncc(C(F)(F)F)cc3Cl)CC2)CC1. The number of pyridine rings is 1. The molecular formula is C19H24ClF3N4O3. The number of hydrogen-bond donors (Lipinski definition) is 0. The van der Waals surface area contributed by atoms with E-state index >= 15 is 0 Å². The number of anilines is 1. The number of rotatable bonds is 4. The lowest BCUT2D eigenvalue weighted by Crippen LogP contribution is -2.51. The Kier molecular flexibility index (Phi) is 7.07. The average Bonchev–Trinajstić information content (AvgIpc) is 2.73. The first kappa shape index (κ1) is 22.6. The highest BCUT2D eigenvalue weighted by molar-refractivity contribution is 6.33. The molecule has 2 fully saturated rings. The first-order valence-corrected chi connectivity index (χ1v) is 10.1. The van der Waals surface area contributed by atoms with Gasteiger partial charge in [0.1, 0.15) is 5.82 Å². The van der Waals surface area contributed by atoms with Crippen molar-refractivity contribution in [1.82, 2.24) is 14.8 Å². The molecule has 11 heteroatoms. The van der Waals surface area contributed by atoms with Crippen molar-refractivity contribution in [2.45, 2.75) is 19.0 Å². The van der Waals surface area contributed by atoms with Gasteiger partial charge in [0.2, 0.25) is 5.91 Å². The van der Waals surface area contributed by atoms with Gasteiger partial charge in [-0.1, -0.05) is 11.6 Å². The number of esters is 1. The van der Waals surface area contributed by atoms with E-state index in [2.05, 4.69) is 4.98 Å². The molecule has 0 radical (unpaired) electrons. The molecule has 3 heterocycles. The molecule has 1 amide bonds. The van der Waals surface area contributed by atoms with E-state index in [1.54, 1.807) is 4.90 Å². The molecule has 0 aromatic carbocycles. The Bertz CT molecular complexity index is 777. The van der Waals surface area contributed by atoms with E-state index in [-0.39, 0.29) is 29.4 Å². The Labute approximate surface area is 177 Å². The molecule has 0 saturated carbocycles. The fourth-order valence-corrected chi connectivity index (χ4v) is 4.04. The van der Waals surface area contributed by atoms with Gasteiger partial charge in [-0.05, 0) is 18.9 Å². The van der Waals surface area contributed by atoms with Crippen LogP contribution in [0.4, 0.5) is 19.0 Å². The minimum atomic E-state index is -4.49. The van der Waals surface area contributed by atoms with Crippen LogP contribution < -0.4 is 4.90 Å². The molecule has 0 atom stereocenters. The van der Waals surface area contributed by atoms with Gasteiger partial charge in [0.15, 0.2) is 0 Å². The van der Waals surface area contributed by atoms with E-state index in [0.717, 1.165) is 12.3 Å². The summed E-state index contributed by atoms with van der Waals surface area (Å²) >= 11 is 6.02. The predicted octanol–water partition coefficient (Wildman–Crippen LogP) is 2.29. The van der Waals surface area contributed by atoms with Crippen molar-refractivity contribution in [3.05, 3.63) is 22.8 Å². The van der Waals surface area contributed by atoms with Crippen LogP contribution in [0.15, 0.2) is 12.3 Å². The number of piperazine rings is 1. The van der Waals surface area contributed by atoms with Crippen molar-refractivity contribution in [3.8, 4) is 0 Å². The van der Waals surface area contributed by atoms with Crippen LogP contribution in [0.2, 0.25) is 5.02 Å². The Morgan fingerprint density at radius 1 is 1.17 bits per heavy atom. The molecule has 0 aliphatic carbocycles. The van der Waals surface area contributed by atoms with Gasteiger partial charge in [-0.3, -0.25) is 14.5 Å². The second-order valence-corrected chi connectivity index (χ2v) is 7.88. The van der Waals surface area contributed by atoms with Crippen molar-refractivity contribution in [1.29, 1.82) is 0 Å². The Hall–Kier alpha value is -2.07. The number of aromatic nitrogens is 1. The molecule has 2 aliphatic rings. The second kappa shape index (κ2) is 9.38. The minimum absolute atomic E-state index is 0.0115. The van der Waals surface area contributed by atoms with E-state index in [1.807, 2.05) is 9.80 Å². The number of piperidine rings is 1. The lowest BCUT2D eigenvalue weighted by Gasteiger charge is -2.37. The fourth-order valence-electron chi connectivity index (χ4n) is 3.76. The summed E-state index contributed by atoms with van der Waals surface area (Å²) in [6.45, 7) is 3.50. The van der Waals surface area contributed by atoms with Gasteiger partial charge in [0.25, 0.3) is 0 Å². The molecule has 0 unspecified atom stereocenters. The van der Waals surface area contributed by atoms with Gasteiger partial charge in [0, 0.05) is 45.5 Å². The van der Waals surface area contributed by atoms with Crippen LogP contribution in [0.5, 0.6) is 0 Å². The molecule has 1 aromatic heterocycles. The first-order valence-electron chi connectivity index (χ1n) is 9.74. The van der Waals surface area contributed by atoms with Crippen LogP contribution in [0.1, 0.15) is 18.4 Å². The normalized spacial score (nSPS) is 19.1. The van der Waals surface area contributed by atoms with Crippen molar-refractivity contribution < 1.29 is 27.5 Å². The molecule has 2 aliphatic heterocycles. The molecular weight excluding hydrogens is 425 g/mol. The van der Waals surface area contributed by atoms with Gasteiger partial charge in [-0.25, -0.2) is 4.98 Å². The number of amides is 1. The summed E-state index contributed by atoms with van der Waals surface area (Å²) in [5.41, 5.74) is -0.878. The third-order valence-electron chi connectivity index (χ3n) is 5.56. The van der Waals surface area contributed by atoms with Crippen LogP contribution in [0.25, 0.3) is 0 Å². The quantitative estimate of drug-likeness (QED) is 0.658. The number of halogens is 4. The van der Waals surface area contributed by atoms with Crippen LogP contribution >= 0.6 is 11.6 Å². The first-order chi connectivity index (χ1) is 14.2. The number of methoxy groups -OCH3 is 1. The van der Waals surface area contributed by atoms with Crippen molar-refractivity contribution in [2.75, 3.05) is 57.8 Å². The van der Waals surface area contributed by atoms with E-state index in [0.29, 0.717) is 57.9 Å². The Morgan fingerprint density at radius 3 is 2.33 bits per heavy atom. The number of carbonyl (C=O) groups excluding carboxylic acids is 2. The van der Waals surface area contributed by atoms with Crippen LogP contribution in [-0.4, -0.2) is 79.6 Å². The maximum Gasteiger partial charge on any atom is 0.417 e. The number of hydrogen-bond acceptors (Lipinski definition) is 6. The summed E-state index contributed by atoms with van der Waals surface area (Å²) in [5, 5.41) is -0.0390. The molecule has 0 spiro atoms. The van der Waals surface area contributed by atoms with Crippen LogP contribution in [-0.2, 0) is 20.5 Å². The zero-order chi connectivity index (χ0) is 21.9. The number of ether oxygens (including phenoxy) is 1. The van der Waals surface area contributed by atoms with E-state index < -0.39 is 11.7 Å². The molecule has 7 nitrogen and oxygen atoms in total. The average molecular weight is 449 g/mol. The predicted molar refractivity (Wildman–Crippen MR) is 104 cm³/mol. The van der Waals surface area contributed by atoms with E-state index in [9.17, 15) is 22.8 Å². The molecule has 0 N–H and O–H groups in total. The summed E-state index contributed by atoms with van der Waals surface area (Å²) in [7, 11) is 1.37. The molecule has 2 saturated heterocycles. The highest BCUT2D eigenvalue weighted by Crippen LogP contribution is 2.33. The third kappa shape index (κ3) is 5.34. The summed E-state index contributed by atoms with van der Waals surface area (Å²) in [6.07, 6.45) is -2.50. The van der Waals surface area contributed by atoms with Gasteiger partial charge >= 0.3 is 12.1 Å². The summed E-state index contributed by atoms with van der Waals surface area (Å²) < 4.78 is 43.1. The minimum Gasteiger partial charge on any atom is -0.469 e. The zero-order valence-corrected chi connectivity index (χ0v) is 17.4. The highest BCUT2D eigenvalue weighted by atomic mass is 35.5. The van der Waals surface area contributed by atoms with E-state index in [1.165, 1.54) is 7.11 Å². The maximum absolute atomic E-state index is 12.8. The largest absolute Gasteiger partial charge is 0.469 e. The molecule has 166 valence electrons. The fraction of sp³-hybridized carbons (Fsp3) is 0.632. The van der Waals surface area contributed by atoms with Gasteiger partial charge in [-0.15, -0.1) is 0 Å². The molecule has 30 heavy (non-hydrogen) atoms. The van der Waals surface area contributed by atoms with Crippen molar-refractivity contribution >= 4 is 29.3 Å². The zero-order valence-electron chi connectivity index (χ0n) is 16.6. The van der Waals surface area contributed by atoms with Gasteiger partial charge in [-0.2, -0.15) is 13.2 Å². The topological polar surface area (TPSA) is 66.0 Å². The number of carbonyl (C=O) groups is 2. The number of alkyl halides is 3. The Morgan fingerprint density at radius 2 is 1.80 bits per heavy atom. The van der Waals surface area contributed by atoms with Crippen LogP contribution in [0, 0.1) is 5.92 Å². The van der Waals surface area contributed by atoms with Crippen molar-refractivity contribution in [2.24, 2.45) is 5.92 Å². The molecule has 3 rings (SSSR count). The lowest BCUT2D eigenvalue weighted by molar-refractivity contribution is -0.149. The third-order valence-corrected chi connectivity index (χ3v) is 5.84. The maximum atomic E-state index is 12.8. The summed E-state index contributed by atoms with van der Waals surface area (Å²) in [6, 6.07) is 0.887. The number of likely N-dealkylation sites (tertiary alicyclic amines) is 1. The van der Waals surface area contributed by atoms with Crippen molar-refractivity contribution in [3.63, 3.8) is 0 Å². The molecule has 1 aromatic rings. The summed E-state index contributed by atoms with van der Waals surface area (Å²) in [4.78, 5) is 33.6. The highest BCUT2D eigenvalue weighted by Gasteiger charge is 2.33. The second-order valence-electron chi connectivity index (χ2n) is 7.47. The lowest BCUT2D eigenvalue weighted by atomic mass is 9.97. The Balaban J connectivity index is 1.48. The van der Waals surface area contributed by atoms with Gasteiger partial charge in [0.05, 0.1) is 30.2 Å². The smallest absolute Gasteiger partial charge is 0.417 e. The molecule has 0 bridgehead atoms. The van der Waals surface area contributed by atoms with Crippen LogP contribution in [0.3, 0.4) is 0 Å². The monoisotopic (exact) mass is 448 g/mol. The van der Waals surface area contributed by atoms with Gasteiger partial charge < -0.3 is 14.5 Å². The standard InChI is InChI=1S/C19H24ClF3N4O3/c1-30-18(29)13-2-4-26(5-3-13)16(28)12-25-6-8-27(9-7-25)17-15(20)10-14(11-24-17)19(21,22)23/h10-11,13H,2-9,12H2,1H3. The van der Waals surface area contributed by atoms with E-state index in [4.69, 9.17) is 16.3 Å². The summed E-state index contributed by atoms with van der Waals surface area (Å²) in [5.74, 6) is -0.0460.